The van der Waals surface area contributed by atoms with Crippen LogP contribution in [0, 0.1) is 27.9 Å². The van der Waals surface area contributed by atoms with Crippen LogP contribution >= 0.6 is 0 Å². The summed E-state index contributed by atoms with van der Waals surface area (Å²) in [5.74, 6) is 3.52. The Balaban J connectivity index is 1.65. The zero-order chi connectivity index (χ0) is 19.4. The summed E-state index contributed by atoms with van der Waals surface area (Å²) in [5, 5.41) is 15.0. The van der Waals surface area contributed by atoms with Gasteiger partial charge in [0.1, 0.15) is 0 Å². The van der Waals surface area contributed by atoms with E-state index in [2.05, 4.69) is 11.4 Å². The number of ether oxygens (including phenoxy) is 2. The van der Waals surface area contributed by atoms with Crippen molar-refractivity contribution in [3.63, 3.8) is 0 Å². The third-order valence-corrected chi connectivity index (χ3v) is 7.05. The van der Waals surface area contributed by atoms with Crippen molar-refractivity contribution < 1.29 is 14.4 Å². The summed E-state index contributed by atoms with van der Waals surface area (Å²) in [7, 11) is 3.34. The SMILES string of the molecule is COc1cccc([C@H]2Nc3ccc([N+](=O)[O-])cc3[C@H]3[C@H]4CC[C@@H](C4)[C@H]32)c1OC. The molecule has 0 aromatic heterocycles. The van der Waals surface area contributed by atoms with Crippen molar-refractivity contribution in [2.24, 2.45) is 17.8 Å². The smallest absolute Gasteiger partial charge is 0.269 e. The molecular weight excluding hydrogens is 356 g/mol. The average Bonchev–Trinajstić information content (AvgIpc) is 3.34. The monoisotopic (exact) mass is 380 g/mol. The second kappa shape index (κ2) is 6.40. The molecule has 1 aliphatic heterocycles. The molecule has 0 unspecified atom stereocenters. The number of nitrogens with zero attached hydrogens (tertiary/aromatic N) is 1. The first-order valence-electron chi connectivity index (χ1n) is 9.88. The summed E-state index contributed by atoms with van der Waals surface area (Å²) in [5.41, 5.74) is 3.41. The predicted molar refractivity (Wildman–Crippen MR) is 106 cm³/mol. The summed E-state index contributed by atoms with van der Waals surface area (Å²) in [4.78, 5) is 11.0. The lowest BCUT2D eigenvalue weighted by molar-refractivity contribution is -0.384. The number of nitro benzene ring substituents is 1. The quantitative estimate of drug-likeness (QED) is 0.603. The predicted octanol–water partition coefficient (Wildman–Crippen LogP) is 4.91. The van der Waals surface area contributed by atoms with Crippen LogP contribution in [0.3, 0.4) is 0 Å². The van der Waals surface area contributed by atoms with Gasteiger partial charge < -0.3 is 14.8 Å². The minimum absolute atomic E-state index is 0.110. The van der Waals surface area contributed by atoms with Crippen LogP contribution in [-0.4, -0.2) is 19.1 Å². The fourth-order valence-electron chi connectivity index (χ4n) is 6.05. The Labute approximate surface area is 164 Å². The van der Waals surface area contributed by atoms with E-state index < -0.39 is 0 Å². The highest BCUT2D eigenvalue weighted by molar-refractivity contribution is 5.63. The number of fused-ring (bicyclic) bond motifs is 7. The molecule has 6 nitrogen and oxygen atoms in total. The Morgan fingerprint density at radius 3 is 2.64 bits per heavy atom. The number of rotatable bonds is 4. The molecule has 6 heteroatoms. The van der Waals surface area contributed by atoms with Gasteiger partial charge in [-0.15, -0.1) is 0 Å². The molecule has 2 bridgehead atoms. The lowest BCUT2D eigenvalue weighted by Crippen LogP contribution is -2.35. The van der Waals surface area contributed by atoms with Gasteiger partial charge in [-0.2, -0.15) is 0 Å². The van der Waals surface area contributed by atoms with E-state index >= 15 is 0 Å². The van der Waals surface area contributed by atoms with Crippen LogP contribution in [0.15, 0.2) is 36.4 Å². The molecule has 0 saturated heterocycles. The number of nitro groups is 1. The minimum Gasteiger partial charge on any atom is -0.493 e. The largest absolute Gasteiger partial charge is 0.493 e. The minimum atomic E-state index is -0.292. The fraction of sp³-hybridized carbons (Fsp3) is 0.455. The van der Waals surface area contributed by atoms with Crippen molar-refractivity contribution in [1.82, 2.24) is 0 Å². The van der Waals surface area contributed by atoms with Crippen LogP contribution < -0.4 is 14.8 Å². The Bertz CT molecular complexity index is 944. The molecule has 2 fully saturated rings. The Hall–Kier alpha value is -2.76. The average molecular weight is 380 g/mol. The molecule has 3 aliphatic rings. The summed E-state index contributed by atoms with van der Waals surface area (Å²) >= 11 is 0. The molecule has 1 N–H and O–H groups in total. The molecular formula is C22H24N2O4. The summed E-state index contributed by atoms with van der Waals surface area (Å²) in [6, 6.07) is 11.4. The zero-order valence-corrected chi connectivity index (χ0v) is 16.1. The first-order chi connectivity index (χ1) is 13.6. The Kier molecular flexibility index (Phi) is 3.96. The normalized spacial score (nSPS) is 29.6. The summed E-state index contributed by atoms with van der Waals surface area (Å²) < 4.78 is 11.3. The topological polar surface area (TPSA) is 73.6 Å². The van der Waals surface area contributed by atoms with Gasteiger partial charge in [0.2, 0.25) is 0 Å². The van der Waals surface area contributed by atoms with E-state index in [-0.39, 0.29) is 16.7 Å². The highest BCUT2D eigenvalue weighted by atomic mass is 16.6. The maximum Gasteiger partial charge on any atom is 0.269 e. The lowest BCUT2D eigenvalue weighted by atomic mass is 9.68. The highest BCUT2D eigenvalue weighted by Gasteiger charge is 2.54. The highest BCUT2D eigenvalue weighted by Crippen LogP contribution is 2.64. The van der Waals surface area contributed by atoms with E-state index in [1.807, 2.05) is 18.2 Å². The molecule has 5 rings (SSSR count). The molecule has 5 atom stereocenters. The van der Waals surface area contributed by atoms with Gasteiger partial charge in [0.25, 0.3) is 5.69 Å². The van der Waals surface area contributed by atoms with Crippen molar-refractivity contribution in [2.45, 2.75) is 31.2 Å². The molecule has 0 radical (unpaired) electrons. The number of nitrogens with one attached hydrogen (secondary N) is 1. The Morgan fingerprint density at radius 1 is 1.07 bits per heavy atom. The number of benzene rings is 2. The maximum atomic E-state index is 11.3. The maximum absolute atomic E-state index is 11.3. The molecule has 2 saturated carbocycles. The van der Waals surface area contributed by atoms with E-state index in [1.54, 1.807) is 26.4 Å². The molecule has 2 aromatic rings. The molecule has 28 heavy (non-hydrogen) atoms. The zero-order valence-electron chi connectivity index (χ0n) is 16.1. The summed E-state index contributed by atoms with van der Waals surface area (Å²) in [6.45, 7) is 0. The molecule has 2 aliphatic carbocycles. The van der Waals surface area contributed by atoms with E-state index in [1.165, 1.54) is 19.3 Å². The van der Waals surface area contributed by atoms with Crippen LogP contribution in [0.1, 0.15) is 42.3 Å². The van der Waals surface area contributed by atoms with Crippen LogP contribution in [0.25, 0.3) is 0 Å². The van der Waals surface area contributed by atoms with Gasteiger partial charge >= 0.3 is 0 Å². The van der Waals surface area contributed by atoms with Gasteiger partial charge in [0, 0.05) is 23.4 Å². The number of methoxy groups -OCH3 is 2. The van der Waals surface area contributed by atoms with Crippen molar-refractivity contribution >= 4 is 11.4 Å². The Morgan fingerprint density at radius 2 is 1.89 bits per heavy atom. The van der Waals surface area contributed by atoms with Gasteiger partial charge in [-0.3, -0.25) is 10.1 Å². The van der Waals surface area contributed by atoms with Crippen LogP contribution in [0.2, 0.25) is 0 Å². The van der Waals surface area contributed by atoms with E-state index in [0.29, 0.717) is 23.7 Å². The number of anilines is 1. The van der Waals surface area contributed by atoms with Crippen LogP contribution in [-0.2, 0) is 0 Å². The standard InChI is InChI=1S/C22H24N2O4/c1-27-18-5-3-4-15(22(18)28-2)21-20-13-7-6-12(10-13)19(20)16-11-14(24(25)26)8-9-17(16)23-21/h3-5,8-9,11-13,19-21,23H,6-7,10H2,1-2H3/t12-,13-,19+,20+,21+/m0/s1. The van der Waals surface area contributed by atoms with Crippen LogP contribution in [0.4, 0.5) is 11.4 Å². The van der Waals surface area contributed by atoms with E-state index in [0.717, 1.165) is 28.3 Å². The van der Waals surface area contributed by atoms with Gasteiger partial charge in [0.15, 0.2) is 11.5 Å². The number of hydrogen-bond donors (Lipinski definition) is 1. The van der Waals surface area contributed by atoms with Crippen molar-refractivity contribution in [3.05, 3.63) is 57.6 Å². The number of hydrogen-bond acceptors (Lipinski definition) is 5. The van der Waals surface area contributed by atoms with Gasteiger partial charge in [0.05, 0.1) is 25.2 Å². The van der Waals surface area contributed by atoms with Crippen molar-refractivity contribution in [3.8, 4) is 11.5 Å². The van der Waals surface area contributed by atoms with Crippen molar-refractivity contribution in [2.75, 3.05) is 19.5 Å². The second-order valence-corrected chi connectivity index (χ2v) is 8.17. The third-order valence-electron chi connectivity index (χ3n) is 7.05. The van der Waals surface area contributed by atoms with Gasteiger partial charge in [-0.05, 0) is 60.6 Å². The summed E-state index contributed by atoms with van der Waals surface area (Å²) in [6.07, 6.45) is 3.67. The van der Waals surface area contributed by atoms with Crippen molar-refractivity contribution in [1.29, 1.82) is 0 Å². The number of para-hydroxylation sites is 1. The second-order valence-electron chi connectivity index (χ2n) is 8.17. The first-order valence-corrected chi connectivity index (χ1v) is 9.88. The van der Waals surface area contributed by atoms with E-state index in [4.69, 9.17) is 9.47 Å². The van der Waals surface area contributed by atoms with Gasteiger partial charge in [-0.25, -0.2) is 0 Å². The van der Waals surface area contributed by atoms with E-state index in [9.17, 15) is 10.1 Å². The third kappa shape index (κ3) is 2.40. The first kappa shape index (κ1) is 17.3. The lowest BCUT2D eigenvalue weighted by Gasteiger charge is -2.43. The molecule has 2 aromatic carbocycles. The molecule has 0 amide bonds. The molecule has 1 heterocycles. The van der Waals surface area contributed by atoms with Crippen LogP contribution in [0.5, 0.6) is 11.5 Å². The molecule has 0 spiro atoms. The molecule has 146 valence electrons. The van der Waals surface area contributed by atoms with Gasteiger partial charge in [-0.1, -0.05) is 12.1 Å². The fourth-order valence-corrected chi connectivity index (χ4v) is 6.05. The number of non-ortho nitro benzene ring substituents is 1.